The van der Waals surface area contributed by atoms with E-state index in [1.807, 2.05) is 18.2 Å². The van der Waals surface area contributed by atoms with Crippen molar-refractivity contribution in [1.82, 2.24) is 4.98 Å². The molecule has 0 aliphatic carbocycles. The van der Waals surface area contributed by atoms with Gasteiger partial charge in [-0.15, -0.1) is 11.6 Å². The van der Waals surface area contributed by atoms with Gasteiger partial charge >= 0.3 is 5.97 Å². The van der Waals surface area contributed by atoms with Crippen LogP contribution in [0.15, 0.2) is 58.6 Å². The average molecular weight is 324 g/mol. The number of rotatable bonds is 5. The van der Waals surface area contributed by atoms with E-state index >= 15 is 0 Å². The summed E-state index contributed by atoms with van der Waals surface area (Å²) < 4.78 is 16.8. The van der Waals surface area contributed by atoms with Crippen molar-refractivity contribution in [3.8, 4) is 0 Å². The molecule has 21 heavy (non-hydrogen) atoms. The van der Waals surface area contributed by atoms with Gasteiger partial charge in [0, 0.05) is 17.5 Å². The molecule has 1 heterocycles. The topological polar surface area (TPSA) is 56.3 Å². The Hall–Kier alpha value is -1.72. The van der Waals surface area contributed by atoms with Crippen molar-refractivity contribution in [3.63, 3.8) is 0 Å². The number of halogens is 1. The number of carbonyl (C=O) groups excluding carboxylic acids is 1. The molecule has 1 aromatic heterocycles. The zero-order valence-electron chi connectivity index (χ0n) is 11.4. The summed E-state index contributed by atoms with van der Waals surface area (Å²) in [5.41, 5.74) is 0.786. The van der Waals surface area contributed by atoms with Gasteiger partial charge in [0.2, 0.25) is 0 Å². The predicted molar refractivity (Wildman–Crippen MR) is 80.7 cm³/mol. The van der Waals surface area contributed by atoms with Crippen LogP contribution in [0.2, 0.25) is 0 Å². The molecule has 2 rings (SSSR count). The molecule has 6 heteroatoms. The van der Waals surface area contributed by atoms with Gasteiger partial charge < -0.3 is 4.74 Å². The van der Waals surface area contributed by atoms with Crippen LogP contribution in [-0.4, -0.2) is 27.6 Å². The third-order valence-electron chi connectivity index (χ3n) is 2.82. The second-order valence-corrected chi connectivity index (χ2v) is 6.24. The summed E-state index contributed by atoms with van der Waals surface area (Å²) in [7, 11) is -0.0201. The van der Waals surface area contributed by atoms with E-state index in [1.165, 1.54) is 7.11 Å². The van der Waals surface area contributed by atoms with Gasteiger partial charge in [0.1, 0.15) is 21.2 Å². The summed E-state index contributed by atoms with van der Waals surface area (Å²) in [6.45, 7) is 0. The third-order valence-corrected chi connectivity index (χ3v) is 4.47. The first-order valence-corrected chi connectivity index (χ1v) is 7.84. The Morgan fingerprint density at radius 2 is 2.00 bits per heavy atom. The van der Waals surface area contributed by atoms with E-state index in [9.17, 15) is 9.00 Å². The first-order chi connectivity index (χ1) is 10.1. The van der Waals surface area contributed by atoms with E-state index in [0.29, 0.717) is 16.3 Å². The smallest absolute Gasteiger partial charge is 0.324 e. The summed E-state index contributed by atoms with van der Waals surface area (Å²) in [6.07, 6.45) is 1.90. The minimum absolute atomic E-state index is 0.319. The molecule has 0 aliphatic rings. The number of nitrogens with zero attached hydrogens (tertiary/aromatic N) is 1. The normalized spacial score (nSPS) is 13.4. The van der Waals surface area contributed by atoms with Crippen molar-refractivity contribution in [2.45, 2.75) is 21.7 Å². The number of hydrogen-bond donors (Lipinski definition) is 0. The number of benzene rings is 1. The molecular formula is C15H14ClNO3S. The van der Waals surface area contributed by atoms with Crippen molar-refractivity contribution in [1.29, 1.82) is 0 Å². The molecule has 4 nitrogen and oxygen atoms in total. The first kappa shape index (κ1) is 15.7. The highest BCUT2D eigenvalue weighted by atomic mass is 35.5. The molecule has 0 amide bonds. The van der Waals surface area contributed by atoms with Crippen molar-refractivity contribution in [3.05, 3.63) is 54.2 Å². The molecule has 1 aromatic carbocycles. The summed E-state index contributed by atoms with van der Waals surface area (Å²) >= 11 is 5.90. The molecule has 0 saturated heterocycles. The molecule has 2 aromatic rings. The number of esters is 1. The van der Waals surface area contributed by atoms with Crippen molar-refractivity contribution < 1.29 is 13.7 Å². The largest absolute Gasteiger partial charge is 0.468 e. The quantitative estimate of drug-likeness (QED) is 0.627. The van der Waals surface area contributed by atoms with Crippen LogP contribution in [0.3, 0.4) is 0 Å². The van der Waals surface area contributed by atoms with Crippen LogP contribution < -0.4 is 0 Å². The first-order valence-electron chi connectivity index (χ1n) is 6.25. The van der Waals surface area contributed by atoms with Crippen LogP contribution in [0.1, 0.15) is 5.56 Å². The minimum atomic E-state index is -1.31. The van der Waals surface area contributed by atoms with Crippen LogP contribution in [0.25, 0.3) is 0 Å². The highest BCUT2D eigenvalue weighted by Crippen LogP contribution is 2.15. The van der Waals surface area contributed by atoms with Crippen molar-refractivity contribution in [2.24, 2.45) is 0 Å². The lowest BCUT2D eigenvalue weighted by Crippen LogP contribution is -2.18. The van der Waals surface area contributed by atoms with E-state index in [0.717, 1.165) is 5.56 Å². The third kappa shape index (κ3) is 4.12. The number of carbonyl (C=O) groups is 1. The van der Waals surface area contributed by atoms with Gasteiger partial charge in [0.15, 0.2) is 0 Å². The number of pyridine rings is 1. The average Bonchev–Trinajstić information content (AvgIpc) is 2.55. The van der Waals surface area contributed by atoms with E-state index < -0.39 is 22.1 Å². The summed E-state index contributed by atoms with van der Waals surface area (Å²) in [6, 6.07) is 12.5. The van der Waals surface area contributed by atoms with Gasteiger partial charge in [-0.25, -0.2) is 9.19 Å². The number of alkyl halides is 1. The number of aromatic nitrogens is 1. The van der Waals surface area contributed by atoms with E-state index in [-0.39, 0.29) is 0 Å². The Morgan fingerprint density at radius 3 is 2.57 bits per heavy atom. The molecule has 0 radical (unpaired) electrons. The lowest BCUT2D eigenvalue weighted by Gasteiger charge is -2.07. The molecule has 0 fully saturated rings. The standard InChI is InChI=1S/C15H14ClNO3S/c1-20-15(18)13(16)9-11-7-8-14(17-10-11)21(19)12-5-3-2-4-6-12/h2-8,10,13H,9H2,1H3. The summed E-state index contributed by atoms with van der Waals surface area (Å²) in [5, 5.41) is -0.281. The Bertz CT molecular complexity index is 631. The van der Waals surface area contributed by atoms with Crippen LogP contribution in [0.4, 0.5) is 0 Å². The molecule has 0 bridgehead atoms. The number of methoxy groups -OCH3 is 1. The fourth-order valence-electron chi connectivity index (χ4n) is 1.72. The zero-order chi connectivity index (χ0) is 15.2. The Morgan fingerprint density at radius 1 is 1.29 bits per heavy atom. The maximum absolute atomic E-state index is 12.3. The maximum Gasteiger partial charge on any atom is 0.324 e. The summed E-state index contributed by atoms with van der Waals surface area (Å²) in [4.78, 5) is 16.1. The van der Waals surface area contributed by atoms with E-state index in [1.54, 1.807) is 30.5 Å². The number of ether oxygens (including phenoxy) is 1. The second kappa shape index (κ2) is 7.33. The van der Waals surface area contributed by atoms with Gasteiger partial charge in [0.25, 0.3) is 0 Å². The monoisotopic (exact) mass is 323 g/mol. The van der Waals surface area contributed by atoms with Gasteiger partial charge in [-0.2, -0.15) is 0 Å². The second-order valence-electron chi connectivity index (χ2n) is 4.28. The fraction of sp³-hybridized carbons (Fsp3) is 0.200. The molecule has 0 N–H and O–H groups in total. The van der Waals surface area contributed by atoms with Crippen LogP contribution in [0.5, 0.6) is 0 Å². The molecule has 2 unspecified atom stereocenters. The molecule has 0 spiro atoms. The Balaban J connectivity index is 2.09. The molecular weight excluding hydrogens is 310 g/mol. The molecule has 0 saturated carbocycles. The molecule has 110 valence electrons. The van der Waals surface area contributed by atoms with Crippen molar-refractivity contribution >= 4 is 28.4 Å². The SMILES string of the molecule is COC(=O)C(Cl)Cc1ccc(S(=O)c2ccccc2)nc1. The van der Waals surface area contributed by atoms with E-state index in [4.69, 9.17) is 11.6 Å². The predicted octanol–water partition coefficient (Wildman–Crippen LogP) is 2.57. The van der Waals surface area contributed by atoms with Gasteiger partial charge in [0.05, 0.1) is 7.11 Å². The lowest BCUT2D eigenvalue weighted by molar-refractivity contribution is -0.140. The van der Waals surface area contributed by atoms with Crippen LogP contribution in [-0.2, 0) is 26.8 Å². The Kier molecular flexibility index (Phi) is 5.47. The zero-order valence-corrected chi connectivity index (χ0v) is 12.9. The van der Waals surface area contributed by atoms with Gasteiger partial charge in [-0.3, -0.25) is 4.79 Å². The van der Waals surface area contributed by atoms with Crippen LogP contribution >= 0.6 is 11.6 Å². The van der Waals surface area contributed by atoms with Crippen LogP contribution in [0, 0.1) is 0 Å². The lowest BCUT2D eigenvalue weighted by atomic mass is 10.1. The van der Waals surface area contributed by atoms with Gasteiger partial charge in [-0.1, -0.05) is 24.3 Å². The fourth-order valence-corrected chi connectivity index (χ4v) is 2.98. The Labute approximate surface area is 130 Å². The van der Waals surface area contributed by atoms with Crippen molar-refractivity contribution in [2.75, 3.05) is 7.11 Å². The van der Waals surface area contributed by atoms with E-state index in [2.05, 4.69) is 9.72 Å². The summed E-state index contributed by atoms with van der Waals surface area (Å²) in [5.74, 6) is -0.478. The highest BCUT2D eigenvalue weighted by Gasteiger charge is 2.16. The molecule has 0 aliphatic heterocycles. The highest BCUT2D eigenvalue weighted by molar-refractivity contribution is 7.85. The minimum Gasteiger partial charge on any atom is -0.468 e. The maximum atomic E-state index is 12.3. The number of hydrogen-bond acceptors (Lipinski definition) is 4. The molecule has 2 atom stereocenters. The van der Waals surface area contributed by atoms with Gasteiger partial charge in [-0.05, 0) is 23.8 Å².